The highest BCUT2D eigenvalue weighted by molar-refractivity contribution is 5.88. The number of aromatic hydroxyl groups is 1. The van der Waals surface area contributed by atoms with Crippen LogP contribution < -0.4 is 19.6 Å². The Hall–Kier alpha value is -3.19. The summed E-state index contributed by atoms with van der Waals surface area (Å²) in [6.07, 6.45) is 0. The third-order valence-electron chi connectivity index (χ3n) is 3.82. The quantitative estimate of drug-likeness (QED) is 0.677. The molecule has 0 bridgehead atoms. The van der Waals surface area contributed by atoms with E-state index in [1.807, 2.05) is 0 Å². The van der Waals surface area contributed by atoms with Crippen molar-refractivity contribution < 1.29 is 28.5 Å². The van der Waals surface area contributed by atoms with Gasteiger partial charge in [-0.2, -0.15) is 0 Å². The first-order valence-electron chi connectivity index (χ1n) is 7.73. The third kappa shape index (κ3) is 3.16. The Kier molecular flexibility index (Phi) is 4.99. The average Bonchev–Trinajstić information content (AvgIpc) is 2.68. The van der Waals surface area contributed by atoms with Crippen LogP contribution >= 0.6 is 0 Å². The Morgan fingerprint density at radius 3 is 2.35 bits per heavy atom. The van der Waals surface area contributed by atoms with Gasteiger partial charge in [-0.15, -0.1) is 0 Å². The molecule has 1 N–H and O–H groups in total. The van der Waals surface area contributed by atoms with Gasteiger partial charge in [0.1, 0.15) is 28.2 Å². The van der Waals surface area contributed by atoms with Crippen molar-refractivity contribution in [2.75, 3.05) is 28.1 Å². The number of hydrogen-bond acceptors (Lipinski definition) is 7. The maximum atomic E-state index is 12.7. The van der Waals surface area contributed by atoms with Gasteiger partial charge in [0.2, 0.25) is 11.2 Å². The van der Waals surface area contributed by atoms with Gasteiger partial charge in [0, 0.05) is 24.8 Å². The summed E-state index contributed by atoms with van der Waals surface area (Å²) in [7, 11) is 4.47. The monoisotopic (exact) mass is 358 g/mol. The lowest BCUT2D eigenvalue weighted by molar-refractivity contribution is 0.0510. The van der Waals surface area contributed by atoms with Gasteiger partial charge in [-0.25, -0.2) is 0 Å². The van der Waals surface area contributed by atoms with Crippen LogP contribution in [0.5, 0.6) is 23.0 Å². The fourth-order valence-corrected chi connectivity index (χ4v) is 2.56. The SMILES string of the molecule is COCOc1cc(OC)c2c(=O)c(O)c(-c3ccc(OC)cc3)oc2c1. The molecular formula is C19H18O7. The van der Waals surface area contributed by atoms with Gasteiger partial charge in [-0.1, -0.05) is 0 Å². The maximum Gasteiger partial charge on any atom is 0.238 e. The van der Waals surface area contributed by atoms with Crippen molar-refractivity contribution in [2.45, 2.75) is 0 Å². The van der Waals surface area contributed by atoms with E-state index in [2.05, 4.69) is 0 Å². The fraction of sp³-hybridized carbons (Fsp3) is 0.211. The summed E-state index contributed by atoms with van der Waals surface area (Å²) in [6, 6.07) is 9.86. The van der Waals surface area contributed by atoms with Gasteiger partial charge in [0.15, 0.2) is 12.6 Å². The summed E-state index contributed by atoms with van der Waals surface area (Å²) >= 11 is 0. The summed E-state index contributed by atoms with van der Waals surface area (Å²) in [5.41, 5.74) is 0.167. The van der Waals surface area contributed by atoms with Crippen LogP contribution in [0.1, 0.15) is 0 Å². The first kappa shape index (κ1) is 17.6. The van der Waals surface area contributed by atoms with Crippen LogP contribution in [0.15, 0.2) is 45.6 Å². The molecule has 0 fully saturated rings. The van der Waals surface area contributed by atoms with E-state index in [1.165, 1.54) is 20.3 Å². The molecule has 3 aromatic rings. The Morgan fingerprint density at radius 2 is 1.73 bits per heavy atom. The van der Waals surface area contributed by atoms with Gasteiger partial charge in [-0.3, -0.25) is 4.79 Å². The second kappa shape index (κ2) is 7.37. The van der Waals surface area contributed by atoms with Crippen molar-refractivity contribution in [3.8, 4) is 34.3 Å². The van der Waals surface area contributed by atoms with E-state index in [-0.39, 0.29) is 29.3 Å². The van der Waals surface area contributed by atoms with Crippen molar-refractivity contribution in [3.05, 3.63) is 46.6 Å². The zero-order valence-electron chi connectivity index (χ0n) is 14.6. The summed E-state index contributed by atoms with van der Waals surface area (Å²) in [6.45, 7) is 0.0301. The van der Waals surface area contributed by atoms with Gasteiger partial charge < -0.3 is 28.5 Å². The molecule has 0 saturated heterocycles. The normalized spacial score (nSPS) is 10.7. The number of hydrogen-bond donors (Lipinski definition) is 1. The molecule has 0 spiro atoms. The van der Waals surface area contributed by atoms with Crippen molar-refractivity contribution in [2.24, 2.45) is 0 Å². The summed E-state index contributed by atoms with van der Waals surface area (Å²) in [5, 5.41) is 10.5. The van der Waals surface area contributed by atoms with Gasteiger partial charge in [0.25, 0.3) is 0 Å². The minimum atomic E-state index is -0.591. The number of methoxy groups -OCH3 is 3. The van der Waals surface area contributed by atoms with Crippen LogP contribution in [0.4, 0.5) is 0 Å². The van der Waals surface area contributed by atoms with Gasteiger partial charge in [-0.05, 0) is 24.3 Å². The van der Waals surface area contributed by atoms with Crippen LogP contribution in [0.2, 0.25) is 0 Å². The molecule has 0 unspecified atom stereocenters. The molecule has 3 rings (SSSR count). The molecule has 7 heteroatoms. The fourth-order valence-electron chi connectivity index (χ4n) is 2.56. The molecule has 0 amide bonds. The largest absolute Gasteiger partial charge is 0.502 e. The smallest absolute Gasteiger partial charge is 0.238 e. The minimum absolute atomic E-state index is 0.0301. The van der Waals surface area contributed by atoms with Crippen molar-refractivity contribution >= 4 is 11.0 Å². The average molecular weight is 358 g/mol. The van der Waals surface area contributed by atoms with Crippen LogP contribution in [0.25, 0.3) is 22.3 Å². The molecule has 136 valence electrons. The molecule has 0 aliphatic heterocycles. The van der Waals surface area contributed by atoms with Crippen molar-refractivity contribution in [3.63, 3.8) is 0 Å². The molecule has 2 aromatic carbocycles. The van der Waals surface area contributed by atoms with Crippen LogP contribution in [0, 0.1) is 0 Å². The van der Waals surface area contributed by atoms with Crippen LogP contribution in [-0.2, 0) is 4.74 Å². The summed E-state index contributed by atoms with van der Waals surface area (Å²) in [5.74, 6) is 0.848. The highest BCUT2D eigenvalue weighted by Crippen LogP contribution is 2.36. The topological polar surface area (TPSA) is 87.4 Å². The lowest BCUT2D eigenvalue weighted by atomic mass is 10.1. The summed E-state index contributed by atoms with van der Waals surface area (Å²) < 4.78 is 26.5. The van der Waals surface area contributed by atoms with Crippen LogP contribution in [0.3, 0.4) is 0 Å². The molecule has 0 aliphatic rings. The van der Waals surface area contributed by atoms with E-state index in [9.17, 15) is 9.90 Å². The Morgan fingerprint density at radius 1 is 1.00 bits per heavy atom. The van der Waals surface area contributed by atoms with Crippen LogP contribution in [-0.4, -0.2) is 33.2 Å². The molecule has 0 radical (unpaired) electrons. The zero-order valence-corrected chi connectivity index (χ0v) is 14.6. The van der Waals surface area contributed by atoms with E-state index in [0.717, 1.165) is 0 Å². The van der Waals surface area contributed by atoms with E-state index in [1.54, 1.807) is 37.4 Å². The van der Waals surface area contributed by atoms with E-state index < -0.39 is 11.2 Å². The molecule has 1 heterocycles. The Labute approximate surface area is 149 Å². The number of fused-ring (bicyclic) bond motifs is 1. The van der Waals surface area contributed by atoms with E-state index >= 15 is 0 Å². The highest BCUT2D eigenvalue weighted by Gasteiger charge is 2.19. The molecule has 26 heavy (non-hydrogen) atoms. The Balaban J connectivity index is 2.21. The maximum absolute atomic E-state index is 12.7. The van der Waals surface area contributed by atoms with Gasteiger partial charge in [0.05, 0.1) is 14.2 Å². The predicted octanol–water partition coefficient (Wildman–Crippen LogP) is 3.17. The standard InChI is InChI=1S/C19H18O7/c1-22-10-25-13-8-14(24-3)16-15(9-13)26-19(18(21)17(16)20)11-4-6-12(23-2)7-5-11/h4-9,21H,10H2,1-3H3. The lowest BCUT2D eigenvalue weighted by Crippen LogP contribution is -2.06. The van der Waals surface area contributed by atoms with Crippen molar-refractivity contribution in [1.82, 2.24) is 0 Å². The predicted molar refractivity (Wildman–Crippen MR) is 95.2 cm³/mol. The number of ether oxygens (including phenoxy) is 4. The lowest BCUT2D eigenvalue weighted by Gasteiger charge is -2.11. The second-order valence-corrected chi connectivity index (χ2v) is 5.39. The first-order valence-corrected chi connectivity index (χ1v) is 7.73. The molecule has 0 aliphatic carbocycles. The number of benzene rings is 2. The summed E-state index contributed by atoms with van der Waals surface area (Å²) in [4.78, 5) is 12.7. The minimum Gasteiger partial charge on any atom is -0.502 e. The zero-order chi connectivity index (χ0) is 18.7. The first-order chi connectivity index (χ1) is 12.6. The molecule has 0 atom stereocenters. The third-order valence-corrected chi connectivity index (χ3v) is 3.82. The molecule has 0 saturated carbocycles. The second-order valence-electron chi connectivity index (χ2n) is 5.39. The van der Waals surface area contributed by atoms with Crippen molar-refractivity contribution in [1.29, 1.82) is 0 Å². The molecule has 1 aromatic heterocycles. The Bertz CT molecular complexity index is 974. The molecular weight excluding hydrogens is 340 g/mol. The highest BCUT2D eigenvalue weighted by atomic mass is 16.7. The van der Waals surface area contributed by atoms with E-state index in [0.29, 0.717) is 17.1 Å². The van der Waals surface area contributed by atoms with Gasteiger partial charge >= 0.3 is 0 Å². The molecule has 7 nitrogen and oxygen atoms in total. The number of rotatable bonds is 6. The van der Waals surface area contributed by atoms with E-state index in [4.69, 9.17) is 23.4 Å².